The monoisotopic (exact) mass is 263 g/mol. The summed E-state index contributed by atoms with van der Waals surface area (Å²) in [4.78, 5) is 14.0. The normalized spacial score (nSPS) is 17.9. The molecule has 0 saturated carbocycles. The van der Waals surface area contributed by atoms with Crippen molar-refractivity contribution in [1.82, 2.24) is 4.90 Å². The zero-order valence-corrected chi connectivity index (χ0v) is 11.4. The van der Waals surface area contributed by atoms with Crippen molar-refractivity contribution in [3.63, 3.8) is 0 Å². The van der Waals surface area contributed by atoms with Crippen LogP contribution in [-0.4, -0.2) is 43.7 Å². The summed E-state index contributed by atoms with van der Waals surface area (Å²) in [6.07, 6.45) is 0.260. The minimum Gasteiger partial charge on any atom is -0.458 e. The third-order valence-corrected chi connectivity index (χ3v) is 3.31. The van der Waals surface area contributed by atoms with Crippen LogP contribution in [0.3, 0.4) is 0 Å². The molecule has 1 atom stereocenters. The van der Waals surface area contributed by atoms with Crippen LogP contribution in [0, 0.1) is 0 Å². The number of nitrogens with zero attached hydrogens (tertiary/aromatic N) is 1. The van der Waals surface area contributed by atoms with Crippen LogP contribution < -0.4 is 0 Å². The first-order valence-electron chi connectivity index (χ1n) is 6.80. The Bertz CT molecular complexity index is 388. The number of benzene rings is 1. The van der Waals surface area contributed by atoms with Crippen molar-refractivity contribution < 1.29 is 14.3 Å². The number of esters is 1. The summed E-state index contributed by atoms with van der Waals surface area (Å²) in [5.74, 6) is -0.136. The summed E-state index contributed by atoms with van der Waals surface area (Å²) in [7, 11) is 0. The van der Waals surface area contributed by atoms with Gasteiger partial charge in [-0.3, -0.25) is 9.69 Å². The maximum Gasteiger partial charge on any atom is 0.307 e. The van der Waals surface area contributed by atoms with Gasteiger partial charge in [0, 0.05) is 19.6 Å². The first-order chi connectivity index (χ1) is 9.25. The third kappa shape index (κ3) is 4.65. The molecule has 1 unspecified atom stereocenters. The Kier molecular flexibility index (Phi) is 5.36. The number of carbonyl (C=O) groups excluding carboxylic acids is 1. The highest BCUT2D eigenvalue weighted by molar-refractivity contribution is 5.69. The van der Waals surface area contributed by atoms with Gasteiger partial charge in [0.15, 0.2) is 0 Å². The van der Waals surface area contributed by atoms with Gasteiger partial charge in [0.05, 0.1) is 19.6 Å². The number of morpholine rings is 1. The van der Waals surface area contributed by atoms with E-state index in [0.717, 1.165) is 38.4 Å². The minimum absolute atomic E-state index is 0.136. The molecule has 1 aromatic carbocycles. The highest BCUT2D eigenvalue weighted by atomic mass is 16.5. The Balaban J connectivity index is 1.71. The molecule has 0 N–H and O–H groups in total. The first kappa shape index (κ1) is 14.0. The van der Waals surface area contributed by atoms with Gasteiger partial charge in [-0.05, 0) is 12.5 Å². The summed E-state index contributed by atoms with van der Waals surface area (Å²) in [5.41, 5.74) is 1.03. The first-order valence-corrected chi connectivity index (χ1v) is 6.80. The van der Waals surface area contributed by atoms with Gasteiger partial charge in [-0.2, -0.15) is 0 Å². The average Bonchev–Trinajstić information content (AvgIpc) is 2.47. The summed E-state index contributed by atoms with van der Waals surface area (Å²) in [5, 5.41) is 0. The highest BCUT2D eigenvalue weighted by Gasteiger charge is 2.15. The van der Waals surface area contributed by atoms with E-state index < -0.39 is 0 Å². The molecular weight excluding hydrogens is 242 g/mol. The molecule has 0 spiro atoms. The molecular formula is C15H21NO3. The van der Waals surface area contributed by atoms with E-state index in [1.807, 2.05) is 37.3 Å². The van der Waals surface area contributed by atoms with Crippen LogP contribution in [-0.2, 0) is 14.3 Å². The Hall–Kier alpha value is -1.39. The van der Waals surface area contributed by atoms with Crippen LogP contribution >= 0.6 is 0 Å². The Morgan fingerprint density at radius 1 is 1.32 bits per heavy atom. The molecule has 104 valence electrons. The van der Waals surface area contributed by atoms with Crippen LogP contribution in [0.15, 0.2) is 30.3 Å². The van der Waals surface area contributed by atoms with Gasteiger partial charge in [-0.15, -0.1) is 0 Å². The zero-order chi connectivity index (χ0) is 13.5. The van der Waals surface area contributed by atoms with Gasteiger partial charge in [-0.1, -0.05) is 30.3 Å². The summed E-state index contributed by atoms with van der Waals surface area (Å²) in [6.45, 7) is 5.99. The van der Waals surface area contributed by atoms with Gasteiger partial charge in [0.1, 0.15) is 6.10 Å². The van der Waals surface area contributed by atoms with Crippen LogP contribution in [0.4, 0.5) is 0 Å². The van der Waals surface area contributed by atoms with E-state index in [4.69, 9.17) is 9.47 Å². The Morgan fingerprint density at radius 3 is 2.68 bits per heavy atom. The molecule has 0 amide bonds. The van der Waals surface area contributed by atoms with Crippen LogP contribution in [0.25, 0.3) is 0 Å². The fourth-order valence-electron chi connectivity index (χ4n) is 2.12. The van der Waals surface area contributed by atoms with E-state index in [1.54, 1.807) is 0 Å². The molecule has 0 bridgehead atoms. The lowest BCUT2D eigenvalue weighted by Gasteiger charge is -2.26. The summed E-state index contributed by atoms with van der Waals surface area (Å²) in [6, 6.07) is 9.80. The largest absolute Gasteiger partial charge is 0.458 e. The van der Waals surface area contributed by atoms with Crippen LogP contribution in [0.1, 0.15) is 25.0 Å². The fraction of sp³-hybridized carbons (Fsp3) is 0.533. The second kappa shape index (κ2) is 7.26. The maximum absolute atomic E-state index is 11.8. The zero-order valence-electron chi connectivity index (χ0n) is 11.4. The fourth-order valence-corrected chi connectivity index (χ4v) is 2.12. The summed E-state index contributed by atoms with van der Waals surface area (Å²) < 4.78 is 10.7. The molecule has 0 aromatic heterocycles. The maximum atomic E-state index is 11.8. The molecule has 1 fully saturated rings. The average molecular weight is 263 g/mol. The van der Waals surface area contributed by atoms with E-state index in [2.05, 4.69) is 4.90 Å². The van der Waals surface area contributed by atoms with Gasteiger partial charge in [0.25, 0.3) is 0 Å². The van der Waals surface area contributed by atoms with Crippen molar-refractivity contribution in [2.24, 2.45) is 0 Å². The van der Waals surface area contributed by atoms with Crippen molar-refractivity contribution in [1.29, 1.82) is 0 Å². The molecule has 19 heavy (non-hydrogen) atoms. The molecule has 2 rings (SSSR count). The number of ether oxygens (including phenoxy) is 2. The minimum atomic E-state index is -0.182. The summed E-state index contributed by atoms with van der Waals surface area (Å²) >= 11 is 0. The second-order valence-corrected chi connectivity index (χ2v) is 4.75. The number of carbonyl (C=O) groups is 1. The van der Waals surface area contributed by atoms with E-state index in [0.29, 0.717) is 6.42 Å². The standard InChI is InChI=1S/C15H21NO3/c1-13(14-5-3-2-4-6-14)19-15(17)7-8-16-9-11-18-12-10-16/h2-6,13H,7-12H2,1H3. The lowest BCUT2D eigenvalue weighted by Crippen LogP contribution is -2.37. The molecule has 1 heterocycles. The van der Waals surface area contributed by atoms with Gasteiger partial charge in [0.2, 0.25) is 0 Å². The van der Waals surface area contributed by atoms with Crippen molar-refractivity contribution in [2.45, 2.75) is 19.4 Å². The topological polar surface area (TPSA) is 38.8 Å². The molecule has 4 nitrogen and oxygen atoms in total. The van der Waals surface area contributed by atoms with E-state index in [-0.39, 0.29) is 12.1 Å². The van der Waals surface area contributed by atoms with Gasteiger partial charge >= 0.3 is 5.97 Å². The molecule has 0 radical (unpaired) electrons. The van der Waals surface area contributed by atoms with Gasteiger partial charge < -0.3 is 9.47 Å². The number of hydrogen-bond acceptors (Lipinski definition) is 4. The van der Waals surface area contributed by atoms with Crippen LogP contribution in [0.5, 0.6) is 0 Å². The molecule has 0 aliphatic carbocycles. The van der Waals surface area contributed by atoms with Crippen molar-refractivity contribution in [2.75, 3.05) is 32.8 Å². The van der Waals surface area contributed by atoms with E-state index >= 15 is 0 Å². The molecule has 1 saturated heterocycles. The molecule has 1 aliphatic rings. The van der Waals surface area contributed by atoms with E-state index in [9.17, 15) is 4.79 Å². The van der Waals surface area contributed by atoms with Crippen molar-refractivity contribution >= 4 is 5.97 Å². The Morgan fingerprint density at radius 2 is 2.00 bits per heavy atom. The van der Waals surface area contributed by atoms with Crippen molar-refractivity contribution in [3.8, 4) is 0 Å². The number of rotatable bonds is 5. The van der Waals surface area contributed by atoms with E-state index in [1.165, 1.54) is 0 Å². The smallest absolute Gasteiger partial charge is 0.307 e. The lowest BCUT2D eigenvalue weighted by atomic mass is 10.1. The molecule has 4 heteroatoms. The second-order valence-electron chi connectivity index (χ2n) is 4.75. The predicted octanol–water partition coefficient (Wildman–Crippen LogP) is 2.01. The quantitative estimate of drug-likeness (QED) is 0.762. The van der Waals surface area contributed by atoms with Gasteiger partial charge in [-0.25, -0.2) is 0 Å². The molecule has 1 aliphatic heterocycles. The third-order valence-electron chi connectivity index (χ3n) is 3.31. The highest BCUT2D eigenvalue weighted by Crippen LogP contribution is 2.16. The predicted molar refractivity (Wildman–Crippen MR) is 72.8 cm³/mol. The lowest BCUT2D eigenvalue weighted by molar-refractivity contribution is -0.149. The number of hydrogen-bond donors (Lipinski definition) is 0. The molecule has 1 aromatic rings. The van der Waals surface area contributed by atoms with Crippen LogP contribution in [0.2, 0.25) is 0 Å². The Labute approximate surface area is 114 Å². The van der Waals surface area contributed by atoms with Crippen molar-refractivity contribution in [3.05, 3.63) is 35.9 Å². The SMILES string of the molecule is CC(OC(=O)CCN1CCOCC1)c1ccccc1.